The Kier molecular flexibility index (Phi) is 3.86. The molecule has 2 heteroatoms. The SMILES string of the molecule is CC(C)c1ccc(C(C)N)nc1C(C)C. The summed E-state index contributed by atoms with van der Waals surface area (Å²) in [5, 5.41) is 0. The second-order valence-electron chi connectivity index (χ2n) is 4.81. The monoisotopic (exact) mass is 206 g/mol. The molecule has 84 valence electrons. The maximum atomic E-state index is 5.85. The highest BCUT2D eigenvalue weighted by Crippen LogP contribution is 2.25. The Morgan fingerprint density at radius 2 is 1.60 bits per heavy atom. The molecule has 2 nitrogen and oxygen atoms in total. The summed E-state index contributed by atoms with van der Waals surface area (Å²) >= 11 is 0. The summed E-state index contributed by atoms with van der Waals surface area (Å²) in [4.78, 5) is 4.67. The molecule has 0 radical (unpaired) electrons. The molecule has 2 N–H and O–H groups in total. The fourth-order valence-corrected chi connectivity index (χ4v) is 1.71. The number of nitrogens with zero attached hydrogens (tertiary/aromatic N) is 1. The van der Waals surface area contributed by atoms with Crippen LogP contribution < -0.4 is 5.73 Å². The molecule has 0 fully saturated rings. The Balaban J connectivity index is 3.21. The lowest BCUT2D eigenvalue weighted by molar-refractivity contribution is 0.714. The molecule has 1 aromatic rings. The van der Waals surface area contributed by atoms with Gasteiger partial charge in [0, 0.05) is 11.7 Å². The summed E-state index contributed by atoms with van der Waals surface area (Å²) in [5.74, 6) is 0.984. The molecule has 1 aromatic heterocycles. The standard InChI is InChI=1S/C13H22N2/c1-8(2)11-6-7-12(10(5)14)15-13(11)9(3)4/h6-10H,14H2,1-5H3. The Morgan fingerprint density at radius 1 is 1.00 bits per heavy atom. The van der Waals surface area contributed by atoms with Gasteiger partial charge in [0.15, 0.2) is 0 Å². The summed E-state index contributed by atoms with van der Waals surface area (Å²) in [6, 6.07) is 4.24. The Labute approximate surface area is 92.9 Å². The van der Waals surface area contributed by atoms with Gasteiger partial charge in [0.1, 0.15) is 0 Å². The molecule has 15 heavy (non-hydrogen) atoms. The van der Waals surface area contributed by atoms with Crippen LogP contribution >= 0.6 is 0 Å². The number of nitrogens with two attached hydrogens (primary N) is 1. The van der Waals surface area contributed by atoms with Gasteiger partial charge in [0.05, 0.1) is 5.69 Å². The first-order valence-corrected chi connectivity index (χ1v) is 5.69. The highest BCUT2D eigenvalue weighted by atomic mass is 14.8. The van der Waals surface area contributed by atoms with Gasteiger partial charge in [-0.05, 0) is 30.4 Å². The van der Waals surface area contributed by atoms with E-state index in [0.29, 0.717) is 11.8 Å². The van der Waals surface area contributed by atoms with Crippen molar-refractivity contribution in [3.63, 3.8) is 0 Å². The number of hydrogen-bond donors (Lipinski definition) is 1. The lowest BCUT2D eigenvalue weighted by Gasteiger charge is -2.17. The predicted octanol–water partition coefficient (Wildman–Crippen LogP) is 3.35. The minimum Gasteiger partial charge on any atom is -0.323 e. The highest BCUT2D eigenvalue weighted by Gasteiger charge is 2.13. The average molecular weight is 206 g/mol. The van der Waals surface area contributed by atoms with Gasteiger partial charge in [-0.25, -0.2) is 0 Å². The predicted molar refractivity (Wildman–Crippen MR) is 65.0 cm³/mol. The number of hydrogen-bond acceptors (Lipinski definition) is 2. The van der Waals surface area contributed by atoms with E-state index in [1.165, 1.54) is 11.3 Å². The van der Waals surface area contributed by atoms with Crippen LogP contribution in [-0.2, 0) is 0 Å². The second kappa shape index (κ2) is 4.75. The van der Waals surface area contributed by atoms with Gasteiger partial charge in [0.2, 0.25) is 0 Å². The molecule has 1 rings (SSSR count). The largest absolute Gasteiger partial charge is 0.323 e. The molecule has 1 atom stereocenters. The van der Waals surface area contributed by atoms with Crippen molar-refractivity contribution in [3.8, 4) is 0 Å². The van der Waals surface area contributed by atoms with Crippen molar-refractivity contribution in [2.24, 2.45) is 5.73 Å². The first-order valence-electron chi connectivity index (χ1n) is 5.69. The van der Waals surface area contributed by atoms with Gasteiger partial charge in [-0.1, -0.05) is 33.8 Å². The van der Waals surface area contributed by atoms with E-state index in [-0.39, 0.29) is 6.04 Å². The maximum absolute atomic E-state index is 5.85. The molecule has 1 heterocycles. The molecule has 0 aliphatic rings. The van der Waals surface area contributed by atoms with Crippen molar-refractivity contribution in [1.82, 2.24) is 4.98 Å². The van der Waals surface area contributed by atoms with E-state index in [1.807, 2.05) is 13.0 Å². The van der Waals surface area contributed by atoms with Crippen LogP contribution in [-0.4, -0.2) is 4.98 Å². The molecule has 0 spiro atoms. The Hall–Kier alpha value is -0.890. The van der Waals surface area contributed by atoms with E-state index in [0.717, 1.165) is 5.69 Å². The van der Waals surface area contributed by atoms with E-state index in [1.54, 1.807) is 0 Å². The van der Waals surface area contributed by atoms with Crippen LogP contribution in [0.4, 0.5) is 0 Å². The van der Waals surface area contributed by atoms with Crippen molar-refractivity contribution < 1.29 is 0 Å². The molecule has 1 unspecified atom stereocenters. The van der Waals surface area contributed by atoms with E-state index in [4.69, 9.17) is 5.73 Å². The third-order valence-corrected chi connectivity index (χ3v) is 2.61. The van der Waals surface area contributed by atoms with Crippen LogP contribution in [0.5, 0.6) is 0 Å². The van der Waals surface area contributed by atoms with Gasteiger partial charge in [-0.3, -0.25) is 4.98 Å². The normalized spacial score (nSPS) is 13.6. The third-order valence-electron chi connectivity index (χ3n) is 2.61. The molecular weight excluding hydrogens is 184 g/mol. The van der Waals surface area contributed by atoms with Crippen molar-refractivity contribution >= 4 is 0 Å². The minimum atomic E-state index is 0.0173. The fourth-order valence-electron chi connectivity index (χ4n) is 1.71. The third kappa shape index (κ3) is 2.78. The van der Waals surface area contributed by atoms with E-state index >= 15 is 0 Å². The van der Waals surface area contributed by atoms with Crippen LogP contribution in [0.1, 0.15) is 69.4 Å². The first-order chi connectivity index (χ1) is 6.93. The van der Waals surface area contributed by atoms with Gasteiger partial charge in [0.25, 0.3) is 0 Å². The van der Waals surface area contributed by atoms with Crippen LogP contribution in [0.3, 0.4) is 0 Å². The summed E-state index contributed by atoms with van der Waals surface area (Å²) in [6.07, 6.45) is 0. The van der Waals surface area contributed by atoms with Crippen molar-refractivity contribution in [2.45, 2.75) is 52.5 Å². The maximum Gasteiger partial charge on any atom is 0.0571 e. The fraction of sp³-hybridized carbons (Fsp3) is 0.615. The van der Waals surface area contributed by atoms with Crippen molar-refractivity contribution in [2.75, 3.05) is 0 Å². The zero-order valence-corrected chi connectivity index (χ0v) is 10.4. The van der Waals surface area contributed by atoms with Crippen LogP contribution in [0.2, 0.25) is 0 Å². The molecular formula is C13H22N2. The summed E-state index contributed by atoms with van der Waals surface area (Å²) < 4.78 is 0. The van der Waals surface area contributed by atoms with Gasteiger partial charge < -0.3 is 5.73 Å². The second-order valence-corrected chi connectivity index (χ2v) is 4.81. The Bertz CT molecular complexity index is 327. The van der Waals surface area contributed by atoms with Crippen LogP contribution in [0.25, 0.3) is 0 Å². The zero-order chi connectivity index (χ0) is 11.6. The van der Waals surface area contributed by atoms with Crippen LogP contribution in [0.15, 0.2) is 12.1 Å². The van der Waals surface area contributed by atoms with Crippen molar-refractivity contribution in [1.29, 1.82) is 0 Å². The van der Waals surface area contributed by atoms with E-state index < -0.39 is 0 Å². The molecule has 0 aliphatic heterocycles. The van der Waals surface area contributed by atoms with Crippen molar-refractivity contribution in [3.05, 3.63) is 29.1 Å². The summed E-state index contributed by atoms with van der Waals surface area (Å²) in [7, 11) is 0. The molecule has 0 aliphatic carbocycles. The molecule has 0 aromatic carbocycles. The molecule has 0 bridgehead atoms. The smallest absolute Gasteiger partial charge is 0.0571 e. The lowest BCUT2D eigenvalue weighted by atomic mass is 9.94. The minimum absolute atomic E-state index is 0.0173. The Morgan fingerprint density at radius 3 is 2.00 bits per heavy atom. The van der Waals surface area contributed by atoms with Gasteiger partial charge in [-0.2, -0.15) is 0 Å². The number of rotatable bonds is 3. The zero-order valence-electron chi connectivity index (χ0n) is 10.4. The summed E-state index contributed by atoms with van der Waals surface area (Å²) in [6.45, 7) is 10.7. The molecule has 0 saturated heterocycles. The lowest BCUT2D eigenvalue weighted by Crippen LogP contribution is -2.11. The number of aromatic nitrogens is 1. The van der Waals surface area contributed by atoms with Gasteiger partial charge in [-0.15, -0.1) is 0 Å². The van der Waals surface area contributed by atoms with Gasteiger partial charge >= 0.3 is 0 Å². The first kappa shape index (κ1) is 12.2. The van der Waals surface area contributed by atoms with Crippen LogP contribution in [0, 0.1) is 0 Å². The quantitative estimate of drug-likeness (QED) is 0.823. The number of pyridine rings is 1. The summed E-state index contributed by atoms with van der Waals surface area (Å²) in [5.41, 5.74) is 9.37. The van der Waals surface area contributed by atoms with E-state index in [2.05, 4.69) is 38.7 Å². The topological polar surface area (TPSA) is 38.9 Å². The highest BCUT2D eigenvalue weighted by molar-refractivity contribution is 5.29. The molecule has 0 saturated carbocycles. The molecule has 0 amide bonds. The average Bonchev–Trinajstić information content (AvgIpc) is 2.16. The van der Waals surface area contributed by atoms with E-state index in [9.17, 15) is 0 Å².